The molecule has 110 valence electrons. The largest absolute Gasteiger partial charge is 0.395 e. The predicted molar refractivity (Wildman–Crippen MR) is 80.6 cm³/mol. The Morgan fingerprint density at radius 2 is 1.76 bits per heavy atom. The van der Waals surface area contributed by atoms with Crippen LogP contribution in [0.2, 0.25) is 0 Å². The van der Waals surface area contributed by atoms with E-state index in [2.05, 4.69) is 11.8 Å². The van der Waals surface area contributed by atoms with E-state index in [0.29, 0.717) is 12.1 Å². The summed E-state index contributed by atoms with van der Waals surface area (Å²) in [7, 11) is 0. The zero-order valence-corrected chi connectivity index (χ0v) is 12.5. The lowest BCUT2D eigenvalue weighted by Crippen LogP contribution is -2.30. The predicted octanol–water partition coefficient (Wildman–Crippen LogP) is 1.87. The fourth-order valence-electron chi connectivity index (χ4n) is 2.38. The molecule has 0 saturated carbocycles. The number of imide groups is 1. The molecule has 1 fully saturated rings. The number of carbonyl (C=O) groups excluding carboxylic acids is 2. The van der Waals surface area contributed by atoms with Gasteiger partial charge in [-0.2, -0.15) is 0 Å². The van der Waals surface area contributed by atoms with Crippen LogP contribution in [0.25, 0.3) is 0 Å². The summed E-state index contributed by atoms with van der Waals surface area (Å²) in [5, 5.41) is 8.75. The van der Waals surface area contributed by atoms with Crippen molar-refractivity contribution in [1.29, 1.82) is 0 Å². The second kappa shape index (κ2) is 6.11. The number of hydrogen-bond acceptors (Lipinski definition) is 3. The van der Waals surface area contributed by atoms with Gasteiger partial charge in [0.05, 0.1) is 12.3 Å². The number of benzene rings is 1. The third-order valence-electron chi connectivity index (χ3n) is 3.76. The van der Waals surface area contributed by atoms with Crippen molar-refractivity contribution in [2.45, 2.75) is 27.2 Å². The first-order valence-corrected chi connectivity index (χ1v) is 7.05. The first kappa shape index (κ1) is 15.3. The summed E-state index contributed by atoms with van der Waals surface area (Å²) in [4.78, 5) is 25.8. The molecule has 1 aliphatic rings. The van der Waals surface area contributed by atoms with Crippen LogP contribution >= 0.6 is 0 Å². The van der Waals surface area contributed by atoms with E-state index in [4.69, 9.17) is 5.11 Å². The maximum atomic E-state index is 12.2. The molecule has 0 bridgehead atoms. The van der Waals surface area contributed by atoms with Crippen molar-refractivity contribution in [3.63, 3.8) is 0 Å². The molecule has 1 aromatic carbocycles. The van der Waals surface area contributed by atoms with Crippen LogP contribution in [0.3, 0.4) is 0 Å². The van der Waals surface area contributed by atoms with Crippen molar-refractivity contribution in [3.05, 3.63) is 29.3 Å². The van der Waals surface area contributed by atoms with Crippen LogP contribution in [0.4, 0.5) is 5.69 Å². The van der Waals surface area contributed by atoms with Crippen LogP contribution < -0.4 is 4.90 Å². The molecule has 0 spiro atoms. The van der Waals surface area contributed by atoms with Crippen LogP contribution in [-0.2, 0) is 9.59 Å². The Morgan fingerprint density at radius 1 is 1.14 bits per heavy atom. The number of amides is 2. The van der Waals surface area contributed by atoms with Gasteiger partial charge in [0, 0.05) is 23.8 Å². The molecule has 4 nitrogen and oxygen atoms in total. The first-order valence-electron chi connectivity index (χ1n) is 7.05. The summed E-state index contributed by atoms with van der Waals surface area (Å²) in [6.45, 7) is 5.48. The highest BCUT2D eigenvalue weighted by Gasteiger charge is 2.43. The average molecular weight is 285 g/mol. The quantitative estimate of drug-likeness (QED) is 0.666. The summed E-state index contributed by atoms with van der Waals surface area (Å²) in [5.41, 5.74) is 2.26. The van der Waals surface area contributed by atoms with Gasteiger partial charge in [-0.3, -0.25) is 14.5 Å². The lowest BCUT2D eigenvalue weighted by Gasteiger charge is -2.15. The summed E-state index contributed by atoms with van der Waals surface area (Å²) in [6, 6.07) is 5.46. The molecule has 1 aliphatic heterocycles. The third-order valence-corrected chi connectivity index (χ3v) is 3.76. The zero-order valence-electron chi connectivity index (χ0n) is 12.5. The summed E-state index contributed by atoms with van der Waals surface area (Å²) < 4.78 is 0. The summed E-state index contributed by atoms with van der Waals surface area (Å²) in [6.07, 6.45) is 0.402. The van der Waals surface area contributed by atoms with Gasteiger partial charge >= 0.3 is 0 Å². The highest BCUT2D eigenvalue weighted by Crippen LogP contribution is 2.31. The van der Waals surface area contributed by atoms with E-state index in [9.17, 15) is 9.59 Å². The SMILES string of the molecule is Cc1cc(C#CCCO)cc(N2C(=O)C(C)C(C)C2=O)c1. The maximum Gasteiger partial charge on any atom is 0.237 e. The van der Waals surface area contributed by atoms with Gasteiger partial charge in [0.25, 0.3) is 0 Å². The monoisotopic (exact) mass is 285 g/mol. The van der Waals surface area contributed by atoms with Gasteiger partial charge in [0.1, 0.15) is 0 Å². The Labute approximate surface area is 124 Å². The van der Waals surface area contributed by atoms with Crippen molar-refractivity contribution in [2.75, 3.05) is 11.5 Å². The molecule has 2 unspecified atom stereocenters. The van der Waals surface area contributed by atoms with Crippen molar-refractivity contribution >= 4 is 17.5 Å². The van der Waals surface area contributed by atoms with E-state index in [1.807, 2.05) is 19.1 Å². The van der Waals surface area contributed by atoms with Gasteiger partial charge in [-0.1, -0.05) is 25.7 Å². The first-order chi connectivity index (χ1) is 9.95. The van der Waals surface area contributed by atoms with E-state index in [1.165, 1.54) is 4.90 Å². The summed E-state index contributed by atoms with van der Waals surface area (Å²) in [5.74, 6) is 4.89. The van der Waals surface area contributed by atoms with Crippen molar-refractivity contribution < 1.29 is 14.7 Å². The van der Waals surface area contributed by atoms with E-state index in [1.54, 1.807) is 19.9 Å². The molecule has 0 aromatic heterocycles. The zero-order chi connectivity index (χ0) is 15.6. The highest BCUT2D eigenvalue weighted by atomic mass is 16.2. The number of aliphatic hydroxyl groups is 1. The molecule has 1 N–H and O–H groups in total. The summed E-state index contributed by atoms with van der Waals surface area (Å²) >= 11 is 0. The molecule has 2 amide bonds. The molecular formula is C17H19NO3. The Hall–Kier alpha value is -2.12. The van der Waals surface area contributed by atoms with Crippen molar-refractivity contribution in [1.82, 2.24) is 0 Å². The van der Waals surface area contributed by atoms with Gasteiger partial charge in [-0.05, 0) is 30.7 Å². The molecule has 1 heterocycles. The number of aryl methyl sites for hydroxylation is 1. The number of aliphatic hydroxyl groups excluding tert-OH is 1. The fourth-order valence-corrected chi connectivity index (χ4v) is 2.38. The molecule has 2 rings (SSSR count). The van der Waals surface area contributed by atoms with Crippen molar-refractivity contribution in [2.24, 2.45) is 11.8 Å². The lowest BCUT2D eigenvalue weighted by molar-refractivity contribution is -0.122. The molecule has 1 saturated heterocycles. The lowest BCUT2D eigenvalue weighted by atomic mass is 10.00. The van der Waals surface area contributed by atoms with Gasteiger partial charge in [-0.15, -0.1) is 0 Å². The van der Waals surface area contributed by atoms with Crippen LogP contribution in [0.5, 0.6) is 0 Å². The fraction of sp³-hybridized carbons (Fsp3) is 0.412. The van der Waals surface area contributed by atoms with Crippen LogP contribution in [0.15, 0.2) is 18.2 Å². The van der Waals surface area contributed by atoms with Crippen LogP contribution in [0, 0.1) is 30.6 Å². The molecule has 4 heteroatoms. The van der Waals surface area contributed by atoms with Gasteiger partial charge in [0.2, 0.25) is 11.8 Å². The van der Waals surface area contributed by atoms with Gasteiger partial charge in [-0.25, -0.2) is 0 Å². The second-order valence-electron chi connectivity index (χ2n) is 5.42. The highest BCUT2D eigenvalue weighted by molar-refractivity contribution is 6.21. The Kier molecular flexibility index (Phi) is 4.44. The Balaban J connectivity index is 2.39. The Morgan fingerprint density at radius 3 is 2.33 bits per heavy atom. The van der Waals surface area contributed by atoms with E-state index in [0.717, 1.165) is 11.1 Å². The van der Waals surface area contributed by atoms with Gasteiger partial charge < -0.3 is 5.11 Å². The average Bonchev–Trinajstić information content (AvgIpc) is 2.63. The number of rotatable bonds is 2. The minimum Gasteiger partial charge on any atom is -0.395 e. The van der Waals surface area contributed by atoms with E-state index >= 15 is 0 Å². The normalized spacial score (nSPS) is 21.4. The number of anilines is 1. The van der Waals surface area contributed by atoms with Crippen LogP contribution in [0.1, 0.15) is 31.4 Å². The molecule has 0 aliphatic carbocycles. The molecule has 21 heavy (non-hydrogen) atoms. The number of nitrogens with zero attached hydrogens (tertiary/aromatic N) is 1. The smallest absolute Gasteiger partial charge is 0.237 e. The number of carbonyl (C=O) groups is 2. The topological polar surface area (TPSA) is 57.6 Å². The molecular weight excluding hydrogens is 266 g/mol. The molecule has 1 aromatic rings. The van der Waals surface area contributed by atoms with Crippen molar-refractivity contribution in [3.8, 4) is 11.8 Å². The third kappa shape index (κ3) is 2.98. The maximum absolute atomic E-state index is 12.2. The van der Waals surface area contributed by atoms with Crippen LogP contribution in [-0.4, -0.2) is 23.5 Å². The van der Waals surface area contributed by atoms with Gasteiger partial charge in [0.15, 0.2) is 0 Å². The molecule has 0 radical (unpaired) electrons. The Bertz CT molecular complexity index is 619. The second-order valence-corrected chi connectivity index (χ2v) is 5.42. The standard InChI is InChI=1S/C17H19NO3/c1-11-8-14(6-4-5-7-19)10-15(9-11)18-16(20)12(2)13(3)17(18)21/h8-10,12-13,19H,5,7H2,1-3H3. The van der Waals surface area contributed by atoms with E-state index < -0.39 is 0 Å². The minimum atomic E-state index is -0.290. The number of hydrogen-bond donors (Lipinski definition) is 1. The van der Waals surface area contributed by atoms with E-state index in [-0.39, 0.29) is 30.3 Å². The minimum absolute atomic E-state index is 0.0177. The molecule has 2 atom stereocenters.